The highest BCUT2D eigenvalue weighted by molar-refractivity contribution is 7.12. The van der Waals surface area contributed by atoms with Crippen molar-refractivity contribution in [1.29, 1.82) is 0 Å². The van der Waals surface area contributed by atoms with Crippen molar-refractivity contribution in [2.24, 2.45) is 0 Å². The number of hydrogen-bond donors (Lipinski definition) is 1. The molecule has 0 fully saturated rings. The SMILES string of the molecule is Cc1cc(F)cc(-c2csc(C(=O)Nc3cc(Cl)cnc3C)c2)c1. The fourth-order valence-corrected chi connectivity index (χ4v) is 3.30. The third-order valence-corrected chi connectivity index (χ3v) is 4.64. The van der Waals surface area contributed by atoms with Crippen LogP contribution in [0.25, 0.3) is 11.1 Å². The molecule has 0 saturated heterocycles. The van der Waals surface area contributed by atoms with Gasteiger partial charge in [-0.3, -0.25) is 9.78 Å². The van der Waals surface area contributed by atoms with Gasteiger partial charge in [0.15, 0.2) is 0 Å². The molecule has 1 N–H and O–H groups in total. The molecule has 0 aliphatic carbocycles. The number of aromatic nitrogens is 1. The molecule has 0 aliphatic heterocycles. The van der Waals surface area contributed by atoms with Crippen molar-refractivity contribution in [3.8, 4) is 11.1 Å². The fraction of sp³-hybridized carbons (Fsp3) is 0.111. The van der Waals surface area contributed by atoms with E-state index in [9.17, 15) is 9.18 Å². The van der Waals surface area contributed by atoms with Gasteiger partial charge < -0.3 is 5.32 Å². The number of halogens is 2. The van der Waals surface area contributed by atoms with Crippen LogP contribution in [0, 0.1) is 19.7 Å². The molecule has 0 atom stereocenters. The number of aryl methyl sites for hydroxylation is 2. The molecule has 24 heavy (non-hydrogen) atoms. The summed E-state index contributed by atoms with van der Waals surface area (Å²) in [6.07, 6.45) is 1.53. The lowest BCUT2D eigenvalue weighted by atomic mass is 10.1. The lowest BCUT2D eigenvalue weighted by molar-refractivity contribution is 0.103. The van der Waals surface area contributed by atoms with Crippen molar-refractivity contribution in [2.45, 2.75) is 13.8 Å². The average molecular weight is 361 g/mol. The second kappa shape index (κ2) is 6.71. The number of carbonyl (C=O) groups is 1. The minimum atomic E-state index is -0.289. The zero-order valence-corrected chi connectivity index (χ0v) is 14.6. The molecule has 1 aromatic carbocycles. The molecule has 3 aromatic rings. The van der Waals surface area contributed by atoms with Gasteiger partial charge in [0.05, 0.1) is 21.3 Å². The first-order valence-electron chi connectivity index (χ1n) is 7.22. The monoisotopic (exact) mass is 360 g/mol. The predicted octanol–water partition coefficient (Wildman–Crippen LogP) is 5.47. The predicted molar refractivity (Wildman–Crippen MR) is 96.4 cm³/mol. The summed E-state index contributed by atoms with van der Waals surface area (Å²) < 4.78 is 13.6. The summed E-state index contributed by atoms with van der Waals surface area (Å²) in [7, 11) is 0. The summed E-state index contributed by atoms with van der Waals surface area (Å²) in [5.74, 6) is -0.533. The molecule has 1 amide bonds. The summed E-state index contributed by atoms with van der Waals surface area (Å²) in [6.45, 7) is 3.63. The molecule has 122 valence electrons. The normalized spacial score (nSPS) is 10.7. The van der Waals surface area contributed by atoms with Gasteiger partial charge in [-0.25, -0.2) is 4.39 Å². The Morgan fingerprint density at radius 3 is 2.71 bits per heavy atom. The Bertz CT molecular complexity index is 903. The Morgan fingerprint density at radius 1 is 1.17 bits per heavy atom. The van der Waals surface area contributed by atoms with Crippen molar-refractivity contribution < 1.29 is 9.18 Å². The van der Waals surface area contributed by atoms with Gasteiger partial charge in [0.25, 0.3) is 5.91 Å². The first-order chi connectivity index (χ1) is 11.4. The van der Waals surface area contributed by atoms with Crippen molar-refractivity contribution in [2.75, 3.05) is 5.32 Å². The van der Waals surface area contributed by atoms with Crippen LogP contribution in [0.4, 0.5) is 10.1 Å². The van der Waals surface area contributed by atoms with Gasteiger partial charge in [-0.2, -0.15) is 0 Å². The molecule has 0 aliphatic rings. The molecular weight excluding hydrogens is 347 g/mol. The largest absolute Gasteiger partial charge is 0.320 e. The van der Waals surface area contributed by atoms with Crippen LogP contribution in [0.1, 0.15) is 20.9 Å². The number of nitrogens with zero attached hydrogens (tertiary/aromatic N) is 1. The number of thiophene rings is 1. The van der Waals surface area contributed by atoms with Crippen LogP contribution in [0.5, 0.6) is 0 Å². The van der Waals surface area contributed by atoms with Crippen LogP contribution in [0.3, 0.4) is 0 Å². The average Bonchev–Trinajstić information content (AvgIpc) is 3.00. The molecule has 2 aromatic heterocycles. The summed E-state index contributed by atoms with van der Waals surface area (Å²) in [5.41, 5.74) is 3.66. The quantitative estimate of drug-likeness (QED) is 0.672. The maximum atomic E-state index is 13.6. The van der Waals surface area contributed by atoms with E-state index in [-0.39, 0.29) is 11.7 Å². The van der Waals surface area contributed by atoms with E-state index in [0.717, 1.165) is 16.7 Å². The summed E-state index contributed by atoms with van der Waals surface area (Å²) >= 11 is 7.22. The van der Waals surface area contributed by atoms with E-state index >= 15 is 0 Å². The second-order valence-electron chi connectivity index (χ2n) is 5.46. The number of anilines is 1. The van der Waals surface area contributed by atoms with E-state index in [2.05, 4.69) is 10.3 Å². The van der Waals surface area contributed by atoms with Crippen LogP contribution in [-0.4, -0.2) is 10.9 Å². The number of benzene rings is 1. The minimum absolute atomic E-state index is 0.244. The topological polar surface area (TPSA) is 42.0 Å². The molecule has 0 spiro atoms. The van der Waals surface area contributed by atoms with Gasteiger partial charge in [0.2, 0.25) is 0 Å². The lowest BCUT2D eigenvalue weighted by Gasteiger charge is -2.06. The van der Waals surface area contributed by atoms with Crippen molar-refractivity contribution in [3.63, 3.8) is 0 Å². The number of nitrogens with one attached hydrogen (secondary N) is 1. The molecule has 0 saturated carbocycles. The van der Waals surface area contributed by atoms with Gasteiger partial charge in [-0.15, -0.1) is 11.3 Å². The van der Waals surface area contributed by atoms with E-state index in [1.54, 1.807) is 19.1 Å². The van der Waals surface area contributed by atoms with Crippen molar-refractivity contribution in [3.05, 3.63) is 68.9 Å². The highest BCUT2D eigenvalue weighted by atomic mass is 35.5. The number of hydrogen-bond acceptors (Lipinski definition) is 3. The molecular formula is C18H14ClFN2OS. The zero-order chi connectivity index (χ0) is 17.3. The van der Waals surface area contributed by atoms with E-state index in [1.165, 1.54) is 29.7 Å². The maximum Gasteiger partial charge on any atom is 0.265 e. The Hall–Kier alpha value is -2.24. The first kappa shape index (κ1) is 16.6. The van der Waals surface area contributed by atoms with E-state index in [0.29, 0.717) is 21.3 Å². The van der Waals surface area contributed by atoms with E-state index < -0.39 is 0 Å². The van der Waals surface area contributed by atoms with Crippen LogP contribution < -0.4 is 5.32 Å². The van der Waals surface area contributed by atoms with Gasteiger partial charge in [0, 0.05) is 6.20 Å². The minimum Gasteiger partial charge on any atom is -0.320 e. The second-order valence-corrected chi connectivity index (χ2v) is 6.81. The van der Waals surface area contributed by atoms with Gasteiger partial charge in [0.1, 0.15) is 5.82 Å². The van der Waals surface area contributed by atoms with E-state index in [1.807, 2.05) is 18.4 Å². The smallest absolute Gasteiger partial charge is 0.265 e. The molecule has 6 heteroatoms. The first-order valence-corrected chi connectivity index (χ1v) is 8.48. The third kappa shape index (κ3) is 3.63. The Labute approximate surface area is 148 Å². The molecule has 3 nitrogen and oxygen atoms in total. The standard InChI is InChI=1S/C18H14ClFN2OS/c1-10-3-12(5-15(20)4-10)13-6-17(24-9-13)18(23)22-16-7-14(19)8-21-11(16)2/h3-9H,1-2H3,(H,22,23). The summed E-state index contributed by atoms with van der Waals surface area (Å²) in [4.78, 5) is 17.1. The van der Waals surface area contributed by atoms with Gasteiger partial charge in [-0.1, -0.05) is 17.7 Å². The molecule has 3 rings (SSSR count). The van der Waals surface area contributed by atoms with Crippen LogP contribution >= 0.6 is 22.9 Å². The lowest BCUT2D eigenvalue weighted by Crippen LogP contribution is -2.11. The maximum absolute atomic E-state index is 13.6. The Morgan fingerprint density at radius 2 is 1.96 bits per heavy atom. The summed E-state index contributed by atoms with van der Waals surface area (Å²) in [6, 6.07) is 8.23. The number of amides is 1. The third-order valence-electron chi connectivity index (χ3n) is 3.50. The fourth-order valence-electron chi connectivity index (χ4n) is 2.33. The van der Waals surface area contributed by atoms with Crippen LogP contribution in [0.2, 0.25) is 5.02 Å². The molecule has 2 heterocycles. The highest BCUT2D eigenvalue weighted by Gasteiger charge is 2.13. The number of carbonyl (C=O) groups excluding carboxylic acids is 1. The van der Waals surface area contributed by atoms with E-state index in [4.69, 9.17) is 11.6 Å². The number of pyridine rings is 1. The van der Waals surface area contributed by atoms with Crippen molar-refractivity contribution in [1.82, 2.24) is 4.98 Å². The molecule has 0 bridgehead atoms. The molecule has 0 radical (unpaired) electrons. The molecule has 0 unspecified atom stereocenters. The Kier molecular flexibility index (Phi) is 4.64. The van der Waals surface area contributed by atoms with Gasteiger partial charge in [-0.05, 0) is 60.2 Å². The Balaban J connectivity index is 1.84. The highest BCUT2D eigenvalue weighted by Crippen LogP contribution is 2.28. The summed E-state index contributed by atoms with van der Waals surface area (Å²) in [5, 5.41) is 5.10. The van der Waals surface area contributed by atoms with Crippen molar-refractivity contribution >= 4 is 34.5 Å². The van der Waals surface area contributed by atoms with Gasteiger partial charge >= 0.3 is 0 Å². The zero-order valence-electron chi connectivity index (χ0n) is 13.1. The number of rotatable bonds is 3. The van der Waals surface area contributed by atoms with Crippen LogP contribution in [-0.2, 0) is 0 Å². The van der Waals surface area contributed by atoms with Crippen LogP contribution in [0.15, 0.2) is 41.9 Å².